The highest BCUT2D eigenvalue weighted by Crippen LogP contribution is 2.18. The van der Waals surface area contributed by atoms with E-state index in [2.05, 4.69) is 15.3 Å². The fourth-order valence-electron chi connectivity index (χ4n) is 1.24. The Labute approximate surface area is 102 Å². The van der Waals surface area contributed by atoms with Gasteiger partial charge in [0.05, 0.1) is 12.4 Å². The first kappa shape index (κ1) is 11.3. The molecule has 1 heterocycles. The SMILES string of the molecule is O=C(O)c1cncc(Nc2cccc(Cl)c2)n1. The maximum absolute atomic E-state index is 10.7. The lowest BCUT2D eigenvalue weighted by molar-refractivity contribution is 0.0690. The van der Waals surface area contributed by atoms with Crippen molar-refractivity contribution in [1.82, 2.24) is 9.97 Å². The summed E-state index contributed by atoms with van der Waals surface area (Å²) in [6, 6.07) is 7.02. The van der Waals surface area contributed by atoms with Crippen LogP contribution in [0.15, 0.2) is 36.7 Å². The first-order chi connectivity index (χ1) is 8.15. The molecule has 0 fully saturated rings. The van der Waals surface area contributed by atoms with Gasteiger partial charge in [0, 0.05) is 10.7 Å². The second kappa shape index (κ2) is 4.80. The number of aromatic carboxylic acids is 1. The van der Waals surface area contributed by atoms with Gasteiger partial charge in [-0.1, -0.05) is 17.7 Å². The predicted octanol–water partition coefficient (Wildman–Crippen LogP) is 2.57. The summed E-state index contributed by atoms with van der Waals surface area (Å²) in [5.74, 6) is -0.764. The quantitative estimate of drug-likeness (QED) is 0.874. The third-order valence-corrected chi connectivity index (χ3v) is 2.19. The molecule has 0 radical (unpaired) electrons. The van der Waals surface area contributed by atoms with E-state index in [4.69, 9.17) is 16.7 Å². The van der Waals surface area contributed by atoms with Gasteiger partial charge in [0.25, 0.3) is 0 Å². The third-order valence-electron chi connectivity index (χ3n) is 1.95. The van der Waals surface area contributed by atoms with E-state index in [-0.39, 0.29) is 5.69 Å². The van der Waals surface area contributed by atoms with Crippen LogP contribution < -0.4 is 5.32 Å². The zero-order valence-electron chi connectivity index (χ0n) is 8.59. The van der Waals surface area contributed by atoms with Crippen molar-refractivity contribution in [3.05, 3.63) is 47.4 Å². The Morgan fingerprint density at radius 3 is 2.88 bits per heavy atom. The average molecular weight is 250 g/mol. The van der Waals surface area contributed by atoms with Crippen LogP contribution in [-0.2, 0) is 0 Å². The van der Waals surface area contributed by atoms with E-state index in [0.717, 1.165) is 0 Å². The van der Waals surface area contributed by atoms with Crippen LogP contribution in [0.4, 0.5) is 11.5 Å². The number of hydrogen-bond donors (Lipinski definition) is 2. The summed E-state index contributed by atoms with van der Waals surface area (Å²) in [5.41, 5.74) is 0.603. The summed E-state index contributed by atoms with van der Waals surface area (Å²) >= 11 is 5.82. The van der Waals surface area contributed by atoms with Gasteiger partial charge in [0.2, 0.25) is 0 Å². The summed E-state index contributed by atoms with van der Waals surface area (Å²) in [6.45, 7) is 0. The van der Waals surface area contributed by atoms with Crippen molar-refractivity contribution in [2.24, 2.45) is 0 Å². The lowest BCUT2D eigenvalue weighted by atomic mass is 10.3. The number of aromatic nitrogens is 2. The van der Waals surface area contributed by atoms with Crippen LogP contribution in [0.25, 0.3) is 0 Å². The molecule has 0 aliphatic heterocycles. The Morgan fingerprint density at radius 1 is 1.35 bits per heavy atom. The summed E-state index contributed by atoms with van der Waals surface area (Å²) in [7, 11) is 0. The second-order valence-electron chi connectivity index (χ2n) is 3.23. The first-order valence-corrected chi connectivity index (χ1v) is 5.11. The van der Waals surface area contributed by atoms with Gasteiger partial charge < -0.3 is 10.4 Å². The Morgan fingerprint density at radius 2 is 2.18 bits per heavy atom. The lowest BCUT2D eigenvalue weighted by Gasteiger charge is -2.05. The van der Waals surface area contributed by atoms with Crippen LogP contribution in [0, 0.1) is 0 Å². The number of carbonyl (C=O) groups is 1. The van der Waals surface area contributed by atoms with Gasteiger partial charge in [-0.2, -0.15) is 0 Å². The van der Waals surface area contributed by atoms with E-state index in [1.807, 2.05) is 0 Å². The molecule has 5 nitrogen and oxygen atoms in total. The minimum absolute atomic E-state index is 0.114. The van der Waals surface area contributed by atoms with Gasteiger partial charge in [-0.25, -0.2) is 9.78 Å². The van der Waals surface area contributed by atoms with Crippen LogP contribution in [0.3, 0.4) is 0 Å². The molecule has 17 heavy (non-hydrogen) atoms. The number of hydrogen-bond acceptors (Lipinski definition) is 4. The van der Waals surface area contributed by atoms with Crippen LogP contribution >= 0.6 is 11.6 Å². The number of nitrogens with one attached hydrogen (secondary N) is 1. The Kier molecular flexibility index (Phi) is 3.20. The topological polar surface area (TPSA) is 75.1 Å². The molecule has 2 aromatic rings. The molecule has 0 saturated carbocycles. The zero-order valence-corrected chi connectivity index (χ0v) is 9.35. The van der Waals surface area contributed by atoms with Crippen LogP contribution in [0.2, 0.25) is 5.02 Å². The Bertz CT molecular complexity index is 560. The number of anilines is 2. The highest BCUT2D eigenvalue weighted by atomic mass is 35.5. The molecule has 6 heteroatoms. The highest BCUT2D eigenvalue weighted by molar-refractivity contribution is 6.30. The van der Waals surface area contributed by atoms with Gasteiger partial charge in [-0.15, -0.1) is 0 Å². The largest absolute Gasteiger partial charge is 0.476 e. The monoisotopic (exact) mass is 249 g/mol. The molecule has 1 aromatic heterocycles. The second-order valence-corrected chi connectivity index (χ2v) is 3.67. The molecule has 0 aliphatic carbocycles. The van der Waals surface area contributed by atoms with Gasteiger partial charge in [0.1, 0.15) is 5.82 Å². The lowest BCUT2D eigenvalue weighted by Crippen LogP contribution is -2.03. The average Bonchev–Trinajstić information content (AvgIpc) is 2.29. The molecule has 1 aromatic carbocycles. The molecule has 0 spiro atoms. The van der Waals surface area contributed by atoms with Crippen molar-refractivity contribution >= 4 is 29.1 Å². The third kappa shape index (κ3) is 2.92. The van der Waals surface area contributed by atoms with Crippen molar-refractivity contribution in [2.45, 2.75) is 0 Å². The van der Waals surface area contributed by atoms with Gasteiger partial charge in [-0.3, -0.25) is 4.98 Å². The van der Waals surface area contributed by atoms with Crippen LogP contribution in [0.5, 0.6) is 0 Å². The molecule has 86 valence electrons. The normalized spacial score (nSPS) is 9.94. The van der Waals surface area contributed by atoms with E-state index < -0.39 is 5.97 Å². The van der Waals surface area contributed by atoms with E-state index >= 15 is 0 Å². The van der Waals surface area contributed by atoms with Gasteiger partial charge in [0.15, 0.2) is 5.69 Å². The van der Waals surface area contributed by atoms with E-state index in [1.54, 1.807) is 24.3 Å². The standard InChI is InChI=1S/C11H8ClN3O2/c12-7-2-1-3-8(4-7)14-10-6-13-5-9(15-10)11(16)17/h1-6H,(H,14,15)(H,16,17). The number of carboxylic acids is 1. The Hall–Kier alpha value is -2.14. The minimum atomic E-state index is -1.12. The number of benzene rings is 1. The molecular weight excluding hydrogens is 242 g/mol. The summed E-state index contributed by atoms with van der Waals surface area (Å²) < 4.78 is 0. The molecule has 0 unspecified atom stereocenters. The molecule has 0 atom stereocenters. The van der Waals surface area contributed by atoms with Crippen molar-refractivity contribution in [3.63, 3.8) is 0 Å². The molecule has 2 N–H and O–H groups in total. The highest BCUT2D eigenvalue weighted by Gasteiger charge is 2.06. The number of halogens is 1. The van der Waals surface area contributed by atoms with Crippen LogP contribution in [-0.4, -0.2) is 21.0 Å². The molecule has 0 amide bonds. The predicted molar refractivity (Wildman–Crippen MR) is 63.7 cm³/mol. The fourth-order valence-corrected chi connectivity index (χ4v) is 1.43. The summed E-state index contributed by atoms with van der Waals surface area (Å²) in [4.78, 5) is 18.4. The van der Waals surface area contributed by atoms with Gasteiger partial charge in [-0.05, 0) is 18.2 Å². The first-order valence-electron chi connectivity index (χ1n) is 4.73. The summed E-state index contributed by atoms with van der Waals surface area (Å²) in [6.07, 6.45) is 2.62. The van der Waals surface area contributed by atoms with E-state index in [9.17, 15) is 4.79 Å². The van der Waals surface area contributed by atoms with Crippen molar-refractivity contribution in [1.29, 1.82) is 0 Å². The van der Waals surface area contributed by atoms with Crippen molar-refractivity contribution in [3.8, 4) is 0 Å². The number of nitrogens with zero attached hydrogens (tertiary/aromatic N) is 2. The van der Waals surface area contributed by atoms with Crippen molar-refractivity contribution < 1.29 is 9.90 Å². The molecule has 0 aliphatic rings. The molecule has 2 rings (SSSR count). The molecular formula is C11H8ClN3O2. The summed E-state index contributed by atoms with van der Waals surface area (Å²) in [5, 5.41) is 12.3. The van der Waals surface area contributed by atoms with Crippen LogP contribution in [0.1, 0.15) is 10.5 Å². The fraction of sp³-hybridized carbons (Fsp3) is 0. The smallest absolute Gasteiger partial charge is 0.356 e. The minimum Gasteiger partial charge on any atom is -0.476 e. The van der Waals surface area contributed by atoms with Crippen molar-refractivity contribution in [2.75, 3.05) is 5.32 Å². The zero-order chi connectivity index (χ0) is 12.3. The maximum Gasteiger partial charge on any atom is 0.356 e. The Balaban J connectivity index is 2.24. The van der Waals surface area contributed by atoms with E-state index in [0.29, 0.717) is 16.5 Å². The van der Waals surface area contributed by atoms with Gasteiger partial charge >= 0.3 is 5.97 Å². The number of carboxylic acid groups (broad SMARTS) is 1. The molecule has 0 bridgehead atoms. The maximum atomic E-state index is 10.7. The number of rotatable bonds is 3. The van der Waals surface area contributed by atoms with E-state index in [1.165, 1.54) is 12.4 Å². The molecule has 0 saturated heterocycles.